The molecule has 0 spiro atoms. The van der Waals surface area contributed by atoms with Gasteiger partial charge in [0.2, 0.25) is 0 Å². The molecule has 0 bridgehead atoms. The van der Waals surface area contributed by atoms with Crippen molar-refractivity contribution < 1.29 is 19.4 Å². The number of rotatable bonds is 6. The zero-order valence-corrected chi connectivity index (χ0v) is 13.0. The van der Waals surface area contributed by atoms with E-state index >= 15 is 0 Å². The Morgan fingerprint density at radius 3 is 2.52 bits per heavy atom. The number of benzene rings is 1. The second-order valence-electron chi connectivity index (χ2n) is 3.94. The van der Waals surface area contributed by atoms with Crippen LogP contribution in [0.25, 0.3) is 0 Å². The zero-order chi connectivity index (χ0) is 16.3. The number of phenolic OH excluding ortho intramolecular Hbond substituents is 1. The quantitative estimate of drug-likeness (QED) is 0.813. The van der Waals surface area contributed by atoms with Gasteiger partial charge in [0.05, 0.1) is 18.2 Å². The van der Waals surface area contributed by atoms with E-state index in [9.17, 15) is 9.90 Å². The summed E-state index contributed by atoms with van der Waals surface area (Å²) < 4.78 is 10.4. The van der Waals surface area contributed by atoms with E-state index in [1.165, 1.54) is 18.2 Å². The van der Waals surface area contributed by atoms with Gasteiger partial charge in [-0.2, -0.15) is 5.26 Å². The minimum absolute atomic E-state index is 0.163. The van der Waals surface area contributed by atoms with Gasteiger partial charge in [-0.1, -0.05) is 27.2 Å². The molecule has 0 saturated carbocycles. The van der Waals surface area contributed by atoms with Gasteiger partial charge in [-0.15, -0.1) is 0 Å². The Morgan fingerprint density at radius 1 is 1.38 bits per heavy atom. The van der Waals surface area contributed by atoms with Crippen LogP contribution >= 0.6 is 0 Å². The first-order chi connectivity index (χ1) is 10.1. The molecule has 1 atom stereocenters. The molecule has 0 aromatic heterocycles. The molecule has 0 aliphatic carbocycles. The van der Waals surface area contributed by atoms with E-state index < -0.39 is 12.1 Å². The normalized spacial score (nSPS) is 10.6. The monoisotopic (exact) mass is 293 g/mol. The smallest absolute Gasteiger partial charge is 0.347 e. The van der Waals surface area contributed by atoms with Crippen LogP contribution in [0.5, 0.6) is 11.5 Å². The second-order valence-corrected chi connectivity index (χ2v) is 3.94. The number of ether oxygens (including phenoxy) is 2. The molecule has 1 aromatic carbocycles. The van der Waals surface area contributed by atoms with Crippen LogP contribution in [0.2, 0.25) is 0 Å². The summed E-state index contributed by atoms with van der Waals surface area (Å²) in [5.41, 5.74) is 0.327. The molecule has 1 N–H and O–H groups in total. The van der Waals surface area contributed by atoms with Crippen molar-refractivity contribution in [1.82, 2.24) is 0 Å². The SMILES string of the molecule is CC.CCCC(Oc1ccc(C#N)cc1O)C(=O)OCC. The zero-order valence-electron chi connectivity index (χ0n) is 13.0. The standard InChI is InChI=1S/C14H17NO4.C2H6/c1-3-5-13(14(17)18-4-2)19-12-7-6-10(9-15)8-11(12)16;1-2/h6-8,13,16H,3-5H2,1-2H3;1-2H3. The van der Waals surface area contributed by atoms with Crippen LogP contribution in [-0.4, -0.2) is 23.8 Å². The summed E-state index contributed by atoms with van der Waals surface area (Å²) >= 11 is 0. The van der Waals surface area contributed by atoms with Gasteiger partial charge in [0.25, 0.3) is 0 Å². The van der Waals surface area contributed by atoms with Gasteiger partial charge < -0.3 is 14.6 Å². The third-order valence-corrected chi connectivity index (χ3v) is 2.46. The van der Waals surface area contributed by atoms with Crippen LogP contribution < -0.4 is 4.74 Å². The Bertz CT molecular complexity index is 480. The molecule has 1 rings (SSSR count). The third kappa shape index (κ3) is 6.17. The molecule has 0 saturated heterocycles. The van der Waals surface area contributed by atoms with Gasteiger partial charge in [-0.25, -0.2) is 4.79 Å². The van der Waals surface area contributed by atoms with Gasteiger partial charge in [0, 0.05) is 6.07 Å². The van der Waals surface area contributed by atoms with Gasteiger partial charge in [-0.3, -0.25) is 0 Å². The Kier molecular flexibility index (Phi) is 9.44. The number of phenols is 1. The van der Waals surface area contributed by atoms with Crippen molar-refractivity contribution in [2.24, 2.45) is 0 Å². The van der Waals surface area contributed by atoms with Crippen LogP contribution in [0.3, 0.4) is 0 Å². The van der Waals surface area contributed by atoms with E-state index in [2.05, 4.69) is 0 Å². The van der Waals surface area contributed by atoms with E-state index in [1.54, 1.807) is 6.92 Å². The van der Waals surface area contributed by atoms with Crippen molar-refractivity contribution in [3.05, 3.63) is 23.8 Å². The molecule has 21 heavy (non-hydrogen) atoms. The minimum atomic E-state index is -0.746. The lowest BCUT2D eigenvalue weighted by molar-refractivity contribution is -0.151. The van der Waals surface area contributed by atoms with Gasteiger partial charge in [0.15, 0.2) is 17.6 Å². The lowest BCUT2D eigenvalue weighted by atomic mass is 10.2. The van der Waals surface area contributed by atoms with E-state index in [-0.39, 0.29) is 18.1 Å². The van der Waals surface area contributed by atoms with E-state index in [1.807, 2.05) is 26.8 Å². The summed E-state index contributed by atoms with van der Waals surface area (Å²) in [6.07, 6.45) is 0.502. The van der Waals surface area contributed by atoms with Gasteiger partial charge in [-0.05, 0) is 25.5 Å². The highest BCUT2D eigenvalue weighted by atomic mass is 16.6. The van der Waals surface area contributed by atoms with E-state index in [0.29, 0.717) is 12.0 Å². The van der Waals surface area contributed by atoms with Crippen molar-refractivity contribution >= 4 is 5.97 Å². The second kappa shape index (κ2) is 10.6. The van der Waals surface area contributed by atoms with Crippen molar-refractivity contribution in [3.8, 4) is 17.6 Å². The minimum Gasteiger partial charge on any atom is -0.504 e. The van der Waals surface area contributed by atoms with Crippen molar-refractivity contribution in [2.75, 3.05) is 6.61 Å². The third-order valence-electron chi connectivity index (χ3n) is 2.46. The molecule has 0 radical (unpaired) electrons. The Hall–Kier alpha value is -2.22. The fraction of sp³-hybridized carbons (Fsp3) is 0.500. The molecule has 5 heteroatoms. The Balaban J connectivity index is 0.00000191. The molecule has 0 aliphatic rings. The summed E-state index contributed by atoms with van der Waals surface area (Å²) in [6, 6.07) is 6.19. The molecule has 1 unspecified atom stereocenters. The maximum atomic E-state index is 11.7. The van der Waals surface area contributed by atoms with Crippen LogP contribution in [0, 0.1) is 11.3 Å². The molecule has 0 aliphatic heterocycles. The summed E-state index contributed by atoms with van der Waals surface area (Å²) in [5.74, 6) is -0.442. The summed E-state index contributed by atoms with van der Waals surface area (Å²) in [4.78, 5) is 11.7. The average molecular weight is 293 g/mol. The highest BCUT2D eigenvalue weighted by Crippen LogP contribution is 2.28. The topological polar surface area (TPSA) is 79.5 Å². The number of nitrogens with zero attached hydrogens (tertiary/aromatic N) is 1. The van der Waals surface area contributed by atoms with E-state index in [4.69, 9.17) is 14.7 Å². The predicted molar refractivity (Wildman–Crippen MR) is 80.1 cm³/mol. The molecule has 0 fully saturated rings. The van der Waals surface area contributed by atoms with E-state index in [0.717, 1.165) is 6.42 Å². The fourth-order valence-corrected chi connectivity index (χ4v) is 1.56. The number of nitriles is 1. The number of hydrogen-bond acceptors (Lipinski definition) is 5. The van der Waals surface area contributed by atoms with Crippen molar-refractivity contribution in [2.45, 2.75) is 46.6 Å². The highest BCUT2D eigenvalue weighted by Gasteiger charge is 2.22. The number of esters is 1. The molecule has 1 aromatic rings. The lowest BCUT2D eigenvalue weighted by Gasteiger charge is -2.17. The number of hydrogen-bond donors (Lipinski definition) is 1. The summed E-state index contributed by atoms with van der Waals surface area (Å²) in [6.45, 7) is 7.93. The highest BCUT2D eigenvalue weighted by molar-refractivity contribution is 5.75. The van der Waals surface area contributed by atoms with Crippen LogP contribution in [-0.2, 0) is 9.53 Å². The summed E-state index contributed by atoms with van der Waals surface area (Å²) in [7, 11) is 0. The van der Waals surface area contributed by atoms with Gasteiger partial charge >= 0.3 is 5.97 Å². The maximum absolute atomic E-state index is 11.7. The first kappa shape index (κ1) is 18.8. The Labute approximate surface area is 126 Å². The average Bonchev–Trinajstić information content (AvgIpc) is 2.50. The Morgan fingerprint density at radius 2 is 2.05 bits per heavy atom. The molecule has 0 heterocycles. The largest absolute Gasteiger partial charge is 0.504 e. The first-order valence-corrected chi connectivity index (χ1v) is 7.18. The molecule has 5 nitrogen and oxygen atoms in total. The fourth-order valence-electron chi connectivity index (χ4n) is 1.56. The van der Waals surface area contributed by atoms with Crippen LogP contribution in [0.15, 0.2) is 18.2 Å². The number of carbonyl (C=O) groups is 1. The number of carbonyl (C=O) groups excluding carboxylic acids is 1. The van der Waals surface area contributed by atoms with Crippen molar-refractivity contribution in [1.29, 1.82) is 5.26 Å². The van der Waals surface area contributed by atoms with Crippen molar-refractivity contribution in [3.63, 3.8) is 0 Å². The lowest BCUT2D eigenvalue weighted by Crippen LogP contribution is -2.29. The molecular formula is C16H23NO4. The molecule has 116 valence electrons. The molecule has 0 amide bonds. The predicted octanol–water partition coefficient (Wildman–Crippen LogP) is 3.40. The molecular weight excluding hydrogens is 270 g/mol. The number of aromatic hydroxyl groups is 1. The van der Waals surface area contributed by atoms with Gasteiger partial charge in [0.1, 0.15) is 0 Å². The van der Waals surface area contributed by atoms with Crippen LogP contribution in [0.4, 0.5) is 0 Å². The summed E-state index contributed by atoms with van der Waals surface area (Å²) in [5, 5.41) is 18.4. The maximum Gasteiger partial charge on any atom is 0.347 e. The van der Waals surface area contributed by atoms with Crippen LogP contribution in [0.1, 0.15) is 46.1 Å². The first-order valence-electron chi connectivity index (χ1n) is 7.18.